The molecule has 0 unspecified atom stereocenters. The summed E-state index contributed by atoms with van der Waals surface area (Å²) in [6.45, 7) is 1.59. The Morgan fingerprint density at radius 2 is 1.79 bits per heavy atom. The van der Waals surface area contributed by atoms with Crippen LogP contribution in [0.2, 0.25) is 10.0 Å². The average Bonchev–Trinajstić information content (AvgIpc) is 3.24. The van der Waals surface area contributed by atoms with Crippen molar-refractivity contribution in [3.8, 4) is 11.3 Å². The first-order valence-electron chi connectivity index (χ1n) is 10.7. The second-order valence-corrected chi connectivity index (χ2v) is 9.35. The summed E-state index contributed by atoms with van der Waals surface area (Å²) in [4.78, 5) is 19.7. The number of piperidine rings is 1. The van der Waals surface area contributed by atoms with Gasteiger partial charge in [-0.3, -0.25) is 9.89 Å². The lowest BCUT2D eigenvalue weighted by atomic mass is 9.93. The smallest absolute Gasteiger partial charge is 0.272 e. The minimum absolute atomic E-state index is 0.115. The number of fused-ring (bicyclic) bond motifs is 1. The van der Waals surface area contributed by atoms with Gasteiger partial charge in [-0.25, -0.2) is 9.50 Å². The molecule has 2 N–H and O–H groups in total. The van der Waals surface area contributed by atoms with Gasteiger partial charge in [-0.1, -0.05) is 41.4 Å². The van der Waals surface area contributed by atoms with Gasteiger partial charge in [-0.05, 0) is 61.0 Å². The van der Waals surface area contributed by atoms with E-state index in [9.17, 15) is 4.79 Å². The van der Waals surface area contributed by atoms with Crippen LogP contribution in [0.4, 0.5) is 5.69 Å². The quantitative estimate of drug-likeness (QED) is 0.362. The number of thiocarbonyl (C=S) groups is 1. The van der Waals surface area contributed by atoms with Crippen LogP contribution in [-0.2, 0) is 0 Å². The van der Waals surface area contributed by atoms with Crippen LogP contribution in [0.15, 0.2) is 65.5 Å². The second kappa shape index (κ2) is 9.17. The van der Waals surface area contributed by atoms with Crippen LogP contribution in [0, 0.1) is 0 Å². The summed E-state index contributed by atoms with van der Waals surface area (Å²) in [7, 11) is 0. The second-order valence-electron chi connectivity index (χ2n) is 8.09. The molecular weight excluding hydrogens is 477 g/mol. The maximum atomic E-state index is 12.8. The van der Waals surface area contributed by atoms with E-state index < -0.39 is 0 Å². The Morgan fingerprint density at radius 3 is 2.52 bits per heavy atom. The molecule has 1 aliphatic rings. The first kappa shape index (κ1) is 21.9. The summed E-state index contributed by atoms with van der Waals surface area (Å²) in [5.74, 6) is 0.210. The molecule has 2 aromatic heterocycles. The van der Waals surface area contributed by atoms with Crippen LogP contribution in [-0.4, -0.2) is 37.7 Å². The number of aromatic amines is 1. The molecule has 0 saturated carbocycles. The van der Waals surface area contributed by atoms with Crippen LogP contribution >= 0.6 is 35.4 Å². The molecule has 33 heavy (non-hydrogen) atoms. The largest absolute Gasteiger partial charge is 0.349 e. The van der Waals surface area contributed by atoms with Crippen LogP contribution in [0.1, 0.15) is 24.5 Å². The number of nitrogens with one attached hydrogen (secondary N) is 2. The zero-order valence-corrected chi connectivity index (χ0v) is 19.9. The normalized spacial score (nSPS) is 14.5. The molecule has 9 heteroatoms. The van der Waals surface area contributed by atoms with E-state index in [4.69, 9.17) is 40.4 Å². The summed E-state index contributed by atoms with van der Waals surface area (Å²) in [6, 6.07) is 18.5. The fourth-order valence-electron chi connectivity index (χ4n) is 4.14. The Bertz CT molecular complexity index is 1370. The summed E-state index contributed by atoms with van der Waals surface area (Å²) in [6.07, 6.45) is 1.74. The Morgan fingerprint density at radius 1 is 1.03 bits per heavy atom. The lowest BCUT2D eigenvalue weighted by molar-refractivity contribution is 0.314. The highest BCUT2D eigenvalue weighted by Crippen LogP contribution is 2.28. The molecule has 3 heterocycles. The minimum atomic E-state index is -0.115. The Labute approximate surface area is 206 Å². The van der Waals surface area contributed by atoms with Crippen molar-refractivity contribution in [2.75, 3.05) is 18.4 Å². The topological polar surface area (TPSA) is 65.4 Å². The van der Waals surface area contributed by atoms with Gasteiger partial charge in [0.25, 0.3) is 5.56 Å². The molecule has 0 atom stereocenters. The molecular formula is C24H21Cl2N5OS. The molecule has 5 rings (SSSR count). The van der Waals surface area contributed by atoms with E-state index in [1.165, 1.54) is 4.52 Å². The van der Waals surface area contributed by atoms with Gasteiger partial charge < -0.3 is 10.2 Å². The summed E-state index contributed by atoms with van der Waals surface area (Å²) < 4.78 is 1.48. The van der Waals surface area contributed by atoms with Crippen molar-refractivity contribution in [2.24, 2.45) is 0 Å². The number of benzene rings is 2. The van der Waals surface area contributed by atoms with Crippen LogP contribution in [0.5, 0.6) is 0 Å². The van der Waals surface area contributed by atoms with Gasteiger partial charge in [0.15, 0.2) is 10.8 Å². The van der Waals surface area contributed by atoms with Gasteiger partial charge in [-0.2, -0.15) is 0 Å². The van der Waals surface area contributed by atoms with E-state index in [0.29, 0.717) is 20.8 Å². The lowest BCUT2D eigenvalue weighted by Crippen LogP contribution is -2.40. The Balaban J connectivity index is 1.29. The maximum absolute atomic E-state index is 12.8. The van der Waals surface area contributed by atoms with Gasteiger partial charge in [0, 0.05) is 46.9 Å². The SMILES string of the molecule is O=c1cc(C2CCN(C(=S)Nc3cccc(Cl)c3)CC2)nc2cc(-c3ccc(Cl)cc3)[nH]n12. The van der Waals surface area contributed by atoms with Gasteiger partial charge in [0.1, 0.15) is 0 Å². The van der Waals surface area contributed by atoms with Crippen molar-refractivity contribution in [3.05, 3.63) is 86.8 Å². The van der Waals surface area contributed by atoms with Crippen LogP contribution in [0.3, 0.4) is 0 Å². The fraction of sp³-hybridized carbons (Fsp3) is 0.208. The third-order valence-electron chi connectivity index (χ3n) is 5.90. The number of hydrogen-bond acceptors (Lipinski definition) is 3. The highest BCUT2D eigenvalue weighted by atomic mass is 35.5. The first-order chi connectivity index (χ1) is 16.0. The molecule has 1 saturated heterocycles. The number of anilines is 1. The molecule has 1 fully saturated rings. The molecule has 0 aliphatic carbocycles. The van der Waals surface area contributed by atoms with Crippen LogP contribution in [0.25, 0.3) is 16.9 Å². The molecule has 1 aliphatic heterocycles. The molecule has 2 aromatic carbocycles. The predicted octanol–water partition coefficient (Wildman–Crippen LogP) is 5.57. The lowest BCUT2D eigenvalue weighted by Gasteiger charge is -2.33. The van der Waals surface area contributed by atoms with E-state index in [-0.39, 0.29) is 11.5 Å². The summed E-state index contributed by atoms with van der Waals surface area (Å²) in [5.41, 5.74) is 3.97. The number of aromatic nitrogens is 3. The zero-order chi connectivity index (χ0) is 22.9. The monoisotopic (exact) mass is 497 g/mol. The van der Waals surface area contributed by atoms with Crippen molar-refractivity contribution in [1.29, 1.82) is 0 Å². The highest BCUT2D eigenvalue weighted by molar-refractivity contribution is 7.80. The van der Waals surface area contributed by atoms with Gasteiger partial charge in [0.05, 0.1) is 11.4 Å². The zero-order valence-electron chi connectivity index (χ0n) is 17.6. The number of likely N-dealkylation sites (tertiary alicyclic amines) is 1. The summed E-state index contributed by atoms with van der Waals surface area (Å²) >= 11 is 17.6. The van der Waals surface area contributed by atoms with Crippen molar-refractivity contribution in [1.82, 2.24) is 19.5 Å². The molecule has 6 nitrogen and oxygen atoms in total. The van der Waals surface area contributed by atoms with Crippen LogP contribution < -0.4 is 10.9 Å². The van der Waals surface area contributed by atoms with Gasteiger partial charge in [-0.15, -0.1) is 0 Å². The number of nitrogens with zero attached hydrogens (tertiary/aromatic N) is 3. The third kappa shape index (κ3) is 4.76. The Kier molecular flexibility index (Phi) is 6.10. The standard InChI is InChI=1S/C24H21Cl2N5OS/c25-17-6-4-15(5-7-17)21-13-22-28-20(14-23(32)31(22)29-21)16-8-10-30(11-9-16)24(33)27-19-3-1-2-18(26)12-19/h1-7,12-14,16,29H,8-11H2,(H,27,33). The molecule has 168 valence electrons. The van der Waals surface area contributed by atoms with E-state index in [2.05, 4.69) is 15.3 Å². The first-order valence-corrected chi connectivity index (χ1v) is 11.8. The van der Waals surface area contributed by atoms with Crippen molar-refractivity contribution in [2.45, 2.75) is 18.8 Å². The van der Waals surface area contributed by atoms with Crippen molar-refractivity contribution < 1.29 is 0 Å². The third-order valence-corrected chi connectivity index (χ3v) is 6.75. The minimum Gasteiger partial charge on any atom is -0.349 e. The van der Waals surface area contributed by atoms with Crippen molar-refractivity contribution in [3.63, 3.8) is 0 Å². The Hall–Kier alpha value is -2.87. The number of hydrogen-bond donors (Lipinski definition) is 2. The van der Waals surface area contributed by atoms with Gasteiger partial charge in [0.2, 0.25) is 0 Å². The van der Waals surface area contributed by atoms with E-state index in [1.54, 1.807) is 6.07 Å². The molecule has 0 radical (unpaired) electrons. The van der Waals surface area contributed by atoms with Crippen molar-refractivity contribution >= 4 is 51.9 Å². The van der Waals surface area contributed by atoms with E-state index in [1.807, 2.05) is 54.6 Å². The highest BCUT2D eigenvalue weighted by Gasteiger charge is 2.24. The molecule has 0 bridgehead atoms. The maximum Gasteiger partial charge on any atom is 0.272 e. The van der Waals surface area contributed by atoms with E-state index in [0.717, 1.165) is 48.6 Å². The molecule has 0 spiro atoms. The predicted molar refractivity (Wildman–Crippen MR) is 137 cm³/mol. The number of halogens is 2. The number of H-pyrrole nitrogens is 1. The summed E-state index contributed by atoms with van der Waals surface area (Å²) in [5, 5.41) is 8.40. The average molecular weight is 498 g/mol. The molecule has 4 aromatic rings. The van der Waals surface area contributed by atoms with E-state index >= 15 is 0 Å². The van der Waals surface area contributed by atoms with Gasteiger partial charge >= 0.3 is 0 Å². The fourth-order valence-corrected chi connectivity index (χ4v) is 4.76. The number of rotatable bonds is 3. The molecule has 0 amide bonds.